The van der Waals surface area contributed by atoms with Gasteiger partial charge in [0.1, 0.15) is 0 Å². The number of nitrogens with zero attached hydrogens (tertiary/aromatic N) is 4. The predicted octanol–water partition coefficient (Wildman–Crippen LogP) is 4.78. The van der Waals surface area contributed by atoms with E-state index in [1.54, 1.807) is 24.5 Å². The van der Waals surface area contributed by atoms with E-state index in [0.717, 1.165) is 33.9 Å². The highest BCUT2D eigenvalue weighted by molar-refractivity contribution is 5.70. The van der Waals surface area contributed by atoms with Crippen LogP contribution in [0.4, 0.5) is 5.69 Å². The first kappa shape index (κ1) is 16.5. The van der Waals surface area contributed by atoms with Crippen molar-refractivity contribution in [2.75, 3.05) is 0 Å². The predicted molar refractivity (Wildman–Crippen MR) is 103 cm³/mol. The third-order valence-electron chi connectivity index (χ3n) is 4.11. The van der Waals surface area contributed by atoms with Gasteiger partial charge >= 0.3 is 0 Å². The summed E-state index contributed by atoms with van der Waals surface area (Å²) in [7, 11) is 0. The van der Waals surface area contributed by atoms with E-state index in [2.05, 4.69) is 15.0 Å². The van der Waals surface area contributed by atoms with Crippen molar-refractivity contribution in [3.8, 4) is 33.9 Å². The molecule has 0 amide bonds. The molecular weight excluding hydrogens is 340 g/mol. The van der Waals surface area contributed by atoms with Gasteiger partial charge in [-0.3, -0.25) is 20.1 Å². The molecule has 0 bridgehead atoms. The Labute approximate surface area is 155 Å². The van der Waals surface area contributed by atoms with Gasteiger partial charge in [-0.05, 0) is 59.7 Å². The van der Waals surface area contributed by atoms with Crippen LogP contribution in [0.1, 0.15) is 0 Å². The molecule has 0 saturated heterocycles. The highest BCUT2D eigenvalue weighted by atomic mass is 16.6. The second-order valence-corrected chi connectivity index (χ2v) is 5.86. The Morgan fingerprint density at radius 1 is 0.667 bits per heavy atom. The largest absolute Gasteiger partial charge is 0.269 e. The van der Waals surface area contributed by atoms with Crippen LogP contribution >= 0.6 is 0 Å². The summed E-state index contributed by atoms with van der Waals surface area (Å²) < 4.78 is 0. The van der Waals surface area contributed by atoms with Crippen molar-refractivity contribution in [1.29, 1.82) is 0 Å². The molecule has 0 atom stereocenters. The molecule has 0 radical (unpaired) electrons. The zero-order chi connectivity index (χ0) is 18.6. The van der Waals surface area contributed by atoms with Crippen LogP contribution in [0.2, 0.25) is 0 Å². The Hall–Kier alpha value is -3.93. The first-order chi connectivity index (χ1) is 13.2. The lowest BCUT2D eigenvalue weighted by Crippen LogP contribution is -1.92. The molecule has 0 aliphatic heterocycles. The molecule has 0 saturated carbocycles. The number of hydrogen-bond donors (Lipinski definition) is 0. The lowest BCUT2D eigenvalue weighted by Gasteiger charge is -2.06. The van der Waals surface area contributed by atoms with Crippen LogP contribution in [0.25, 0.3) is 33.9 Å². The van der Waals surface area contributed by atoms with E-state index in [1.165, 1.54) is 12.1 Å². The van der Waals surface area contributed by atoms with Crippen molar-refractivity contribution in [2.24, 2.45) is 0 Å². The van der Waals surface area contributed by atoms with Gasteiger partial charge in [0.15, 0.2) is 0 Å². The quantitative estimate of drug-likeness (QED) is 0.389. The first-order valence-electron chi connectivity index (χ1n) is 8.30. The monoisotopic (exact) mass is 354 g/mol. The van der Waals surface area contributed by atoms with Gasteiger partial charge in [0, 0.05) is 24.5 Å². The number of rotatable bonds is 4. The second-order valence-electron chi connectivity index (χ2n) is 5.86. The Morgan fingerprint density at radius 3 is 2.07 bits per heavy atom. The fraction of sp³-hybridized carbons (Fsp3) is 0. The summed E-state index contributed by atoms with van der Waals surface area (Å²) in [6.07, 6.45) is 3.44. The smallest absolute Gasteiger partial charge is 0.258 e. The molecule has 1 aromatic carbocycles. The molecule has 0 spiro atoms. The van der Waals surface area contributed by atoms with E-state index in [9.17, 15) is 10.1 Å². The van der Waals surface area contributed by atoms with Gasteiger partial charge in [0.2, 0.25) is 0 Å². The summed E-state index contributed by atoms with van der Waals surface area (Å²) >= 11 is 0. The maximum atomic E-state index is 10.8. The van der Waals surface area contributed by atoms with Gasteiger partial charge in [-0.15, -0.1) is 0 Å². The van der Waals surface area contributed by atoms with Crippen LogP contribution in [-0.4, -0.2) is 19.9 Å². The van der Waals surface area contributed by atoms with Crippen LogP contribution in [0, 0.1) is 10.1 Å². The Morgan fingerprint density at radius 2 is 1.37 bits per heavy atom. The van der Waals surface area contributed by atoms with Crippen molar-refractivity contribution in [2.45, 2.75) is 0 Å². The van der Waals surface area contributed by atoms with Gasteiger partial charge in [-0.2, -0.15) is 0 Å². The fourth-order valence-corrected chi connectivity index (χ4v) is 2.76. The van der Waals surface area contributed by atoms with Crippen LogP contribution < -0.4 is 0 Å². The number of nitro groups is 1. The molecule has 0 fully saturated rings. The Bertz CT molecular complexity index is 1100. The van der Waals surface area contributed by atoms with Gasteiger partial charge in [-0.1, -0.05) is 12.1 Å². The van der Waals surface area contributed by atoms with Crippen molar-refractivity contribution in [3.05, 3.63) is 95.3 Å². The number of nitro benzene ring substituents is 1. The maximum absolute atomic E-state index is 10.8. The molecule has 0 N–H and O–H groups in total. The van der Waals surface area contributed by atoms with E-state index in [0.29, 0.717) is 0 Å². The molecule has 27 heavy (non-hydrogen) atoms. The highest BCUT2D eigenvalue weighted by Gasteiger charge is 2.09. The van der Waals surface area contributed by atoms with E-state index >= 15 is 0 Å². The molecule has 4 rings (SSSR count). The molecule has 0 aliphatic carbocycles. The molecule has 4 aromatic rings. The minimum Gasteiger partial charge on any atom is -0.258 e. The number of hydrogen-bond acceptors (Lipinski definition) is 5. The number of aromatic nitrogens is 3. The average Bonchev–Trinajstić information content (AvgIpc) is 2.75. The Kier molecular flexibility index (Phi) is 4.37. The number of benzene rings is 1. The summed E-state index contributed by atoms with van der Waals surface area (Å²) in [5.41, 5.74) is 4.90. The second kappa shape index (κ2) is 7.13. The molecule has 3 aromatic heterocycles. The summed E-state index contributed by atoms with van der Waals surface area (Å²) in [5.74, 6) is 0. The van der Waals surface area contributed by atoms with Crippen molar-refractivity contribution >= 4 is 5.69 Å². The summed E-state index contributed by atoms with van der Waals surface area (Å²) in [5, 5.41) is 10.8. The molecule has 6 nitrogen and oxygen atoms in total. The SMILES string of the molecule is O=[N+]([O-])c1ccc(-c2ccnc(-c3cccc(-c4ccccn4)n3)c2)cc1. The van der Waals surface area contributed by atoms with Crippen LogP contribution in [0.3, 0.4) is 0 Å². The van der Waals surface area contributed by atoms with E-state index in [1.807, 2.05) is 48.5 Å². The standard InChI is InChI=1S/C21H14N4O2/c26-25(27)17-9-7-15(8-10-17)16-11-13-23-21(14-16)20-6-3-5-19(24-20)18-4-1-2-12-22-18/h1-14H. The van der Waals surface area contributed by atoms with Crippen molar-refractivity contribution < 1.29 is 4.92 Å². The zero-order valence-electron chi connectivity index (χ0n) is 14.2. The number of non-ortho nitro benzene ring substituents is 1. The van der Waals surface area contributed by atoms with Crippen LogP contribution in [0.5, 0.6) is 0 Å². The third kappa shape index (κ3) is 3.55. The molecule has 3 heterocycles. The lowest BCUT2D eigenvalue weighted by molar-refractivity contribution is -0.384. The van der Waals surface area contributed by atoms with Crippen molar-refractivity contribution in [1.82, 2.24) is 15.0 Å². The van der Waals surface area contributed by atoms with Crippen LogP contribution in [0.15, 0.2) is 85.2 Å². The average molecular weight is 354 g/mol. The lowest BCUT2D eigenvalue weighted by atomic mass is 10.0. The summed E-state index contributed by atoms with van der Waals surface area (Å²) in [6.45, 7) is 0. The molecule has 0 aliphatic rings. The van der Waals surface area contributed by atoms with Crippen molar-refractivity contribution in [3.63, 3.8) is 0 Å². The molecule has 0 unspecified atom stereocenters. The maximum Gasteiger partial charge on any atom is 0.269 e. The van der Waals surface area contributed by atoms with E-state index in [-0.39, 0.29) is 5.69 Å². The zero-order valence-corrected chi connectivity index (χ0v) is 14.2. The molecule has 6 heteroatoms. The van der Waals surface area contributed by atoms with Crippen LogP contribution in [-0.2, 0) is 0 Å². The normalized spacial score (nSPS) is 10.5. The third-order valence-corrected chi connectivity index (χ3v) is 4.11. The highest BCUT2D eigenvalue weighted by Crippen LogP contribution is 2.26. The topological polar surface area (TPSA) is 81.8 Å². The van der Waals surface area contributed by atoms with E-state index < -0.39 is 4.92 Å². The minimum absolute atomic E-state index is 0.0674. The summed E-state index contributed by atoms with van der Waals surface area (Å²) in [4.78, 5) is 23.8. The first-order valence-corrected chi connectivity index (χ1v) is 8.30. The van der Waals surface area contributed by atoms with Gasteiger partial charge in [0.25, 0.3) is 5.69 Å². The van der Waals surface area contributed by atoms with E-state index in [4.69, 9.17) is 0 Å². The number of pyridine rings is 3. The van der Waals surface area contributed by atoms with Gasteiger partial charge in [0.05, 0.1) is 27.7 Å². The van der Waals surface area contributed by atoms with Gasteiger partial charge in [-0.25, -0.2) is 4.98 Å². The molecular formula is C21H14N4O2. The Balaban J connectivity index is 1.70. The fourth-order valence-electron chi connectivity index (χ4n) is 2.76. The summed E-state index contributed by atoms with van der Waals surface area (Å²) in [6, 6.07) is 21.7. The minimum atomic E-state index is -0.408. The molecule has 130 valence electrons. The van der Waals surface area contributed by atoms with Gasteiger partial charge < -0.3 is 0 Å².